The predicted octanol–water partition coefficient (Wildman–Crippen LogP) is 3.60. The van der Waals surface area contributed by atoms with E-state index in [1.807, 2.05) is 0 Å². The van der Waals surface area contributed by atoms with E-state index in [-0.39, 0.29) is 5.60 Å². The highest BCUT2D eigenvalue weighted by molar-refractivity contribution is 6.20. The van der Waals surface area contributed by atoms with E-state index < -0.39 is 0 Å². The Labute approximate surface area is 86.8 Å². The maximum Gasteiger partial charge on any atom is 0.0598 e. The van der Waals surface area contributed by atoms with Crippen LogP contribution in [-0.4, -0.2) is 17.6 Å². The maximum absolute atomic E-state index is 6.17. The minimum atomic E-state index is 0.000411. The fourth-order valence-electron chi connectivity index (χ4n) is 1.83. The first-order valence-electron chi connectivity index (χ1n) is 5.27. The van der Waals surface area contributed by atoms with Crippen LogP contribution >= 0.6 is 11.6 Å². The molecule has 2 heteroatoms. The van der Waals surface area contributed by atoms with Crippen molar-refractivity contribution in [3.05, 3.63) is 0 Å². The minimum absolute atomic E-state index is 0.000411. The molecule has 0 aromatic heterocycles. The normalized spacial score (nSPS) is 29.5. The summed E-state index contributed by atoms with van der Waals surface area (Å²) in [6.07, 6.45) is 4.92. The standard InChI is InChI=1S/C11H21ClO/c1-11(2,3)13-8-7-9-5-4-6-10(9)12/h9-10H,4-8H2,1-3H3. The summed E-state index contributed by atoms with van der Waals surface area (Å²) in [4.78, 5) is 0. The SMILES string of the molecule is CC(C)(C)OCCC1CCCC1Cl. The first-order chi connectivity index (χ1) is 5.99. The number of hydrogen-bond donors (Lipinski definition) is 0. The van der Waals surface area contributed by atoms with Crippen LogP contribution in [0.25, 0.3) is 0 Å². The van der Waals surface area contributed by atoms with E-state index >= 15 is 0 Å². The molecule has 2 atom stereocenters. The Morgan fingerprint density at radius 3 is 2.46 bits per heavy atom. The van der Waals surface area contributed by atoms with Crippen LogP contribution in [0.4, 0.5) is 0 Å². The molecule has 1 nitrogen and oxygen atoms in total. The largest absolute Gasteiger partial charge is 0.376 e. The van der Waals surface area contributed by atoms with Crippen molar-refractivity contribution < 1.29 is 4.74 Å². The molecule has 78 valence electrons. The van der Waals surface area contributed by atoms with Gasteiger partial charge in [0.25, 0.3) is 0 Å². The van der Waals surface area contributed by atoms with Crippen LogP contribution in [0.2, 0.25) is 0 Å². The van der Waals surface area contributed by atoms with Crippen molar-refractivity contribution in [1.82, 2.24) is 0 Å². The third-order valence-corrected chi connectivity index (χ3v) is 3.16. The first-order valence-corrected chi connectivity index (χ1v) is 5.71. The van der Waals surface area contributed by atoms with Crippen LogP contribution in [0.5, 0.6) is 0 Å². The highest BCUT2D eigenvalue weighted by Crippen LogP contribution is 2.32. The summed E-state index contributed by atoms with van der Waals surface area (Å²) in [5.74, 6) is 0.698. The molecule has 1 rings (SSSR count). The second-order valence-corrected chi connectivity index (χ2v) is 5.52. The fourth-order valence-corrected chi connectivity index (χ4v) is 2.24. The number of rotatable bonds is 3. The Kier molecular flexibility index (Phi) is 4.06. The average Bonchev–Trinajstić information content (AvgIpc) is 2.34. The number of ether oxygens (including phenoxy) is 1. The van der Waals surface area contributed by atoms with Crippen molar-refractivity contribution in [2.45, 2.75) is 57.4 Å². The van der Waals surface area contributed by atoms with Crippen LogP contribution in [-0.2, 0) is 4.74 Å². The lowest BCUT2D eigenvalue weighted by Crippen LogP contribution is -2.21. The van der Waals surface area contributed by atoms with Crippen molar-refractivity contribution in [1.29, 1.82) is 0 Å². The molecule has 0 N–H and O–H groups in total. The lowest BCUT2D eigenvalue weighted by atomic mass is 10.0. The molecule has 1 aliphatic rings. The Hall–Kier alpha value is 0.250. The summed E-state index contributed by atoms with van der Waals surface area (Å²) in [6, 6.07) is 0. The van der Waals surface area contributed by atoms with E-state index in [0.717, 1.165) is 13.0 Å². The molecule has 0 amide bonds. The molecule has 13 heavy (non-hydrogen) atoms. The van der Waals surface area contributed by atoms with Gasteiger partial charge in [0.2, 0.25) is 0 Å². The zero-order valence-electron chi connectivity index (χ0n) is 8.98. The molecule has 1 fully saturated rings. The molecular weight excluding hydrogens is 184 g/mol. The van der Waals surface area contributed by atoms with Crippen LogP contribution in [0.1, 0.15) is 46.5 Å². The molecule has 0 aromatic rings. The number of hydrogen-bond acceptors (Lipinski definition) is 1. The Morgan fingerprint density at radius 1 is 1.31 bits per heavy atom. The predicted molar refractivity (Wildman–Crippen MR) is 57.3 cm³/mol. The van der Waals surface area contributed by atoms with Crippen molar-refractivity contribution >= 4 is 11.6 Å². The zero-order chi connectivity index (χ0) is 9.90. The van der Waals surface area contributed by atoms with E-state index in [0.29, 0.717) is 11.3 Å². The monoisotopic (exact) mass is 204 g/mol. The van der Waals surface area contributed by atoms with Crippen molar-refractivity contribution in [2.24, 2.45) is 5.92 Å². The molecule has 0 radical (unpaired) electrons. The summed E-state index contributed by atoms with van der Waals surface area (Å²) in [5, 5.41) is 0.406. The first kappa shape index (κ1) is 11.3. The molecule has 0 aliphatic heterocycles. The van der Waals surface area contributed by atoms with Crippen molar-refractivity contribution in [3.8, 4) is 0 Å². The highest BCUT2D eigenvalue weighted by atomic mass is 35.5. The van der Waals surface area contributed by atoms with Crippen LogP contribution < -0.4 is 0 Å². The Morgan fingerprint density at radius 2 is 2.00 bits per heavy atom. The van der Waals surface area contributed by atoms with Crippen LogP contribution in [0, 0.1) is 5.92 Å². The Bertz CT molecular complexity index is 151. The lowest BCUT2D eigenvalue weighted by molar-refractivity contribution is -0.00882. The quantitative estimate of drug-likeness (QED) is 0.639. The molecule has 0 aromatic carbocycles. The molecule has 0 heterocycles. The third-order valence-electron chi connectivity index (χ3n) is 2.59. The molecular formula is C11H21ClO. The topological polar surface area (TPSA) is 9.23 Å². The van der Waals surface area contributed by atoms with E-state index in [2.05, 4.69) is 20.8 Å². The fraction of sp³-hybridized carbons (Fsp3) is 1.00. The summed E-state index contributed by atoms with van der Waals surface area (Å²) in [6.45, 7) is 7.15. The van der Waals surface area contributed by atoms with Gasteiger partial charge in [-0.2, -0.15) is 0 Å². The summed E-state index contributed by atoms with van der Waals surface area (Å²) >= 11 is 6.17. The Balaban J connectivity index is 2.12. The van der Waals surface area contributed by atoms with Gasteiger partial charge < -0.3 is 4.74 Å². The molecule has 0 spiro atoms. The van der Waals surface area contributed by atoms with E-state index in [1.165, 1.54) is 19.3 Å². The zero-order valence-corrected chi connectivity index (χ0v) is 9.73. The second-order valence-electron chi connectivity index (χ2n) is 4.96. The summed E-state index contributed by atoms with van der Waals surface area (Å²) in [5.41, 5.74) is 0.000411. The van der Waals surface area contributed by atoms with Crippen LogP contribution in [0.15, 0.2) is 0 Å². The van der Waals surface area contributed by atoms with Gasteiger partial charge in [-0.1, -0.05) is 6.42 Å². The van der Waals surface area contributed by atoms with Gasteiger partial charge in [-0.05, 0) is 46.0 Å². The molecule has 2 unspecified atom stereocenters. The van der Waals surface area contributed by atoms with Gasteiger partial charge in [-0.15, -0.1) is 11.6 Å². The van der Waals surface area contributed by atoms with Crippen molar-refractivity contribution in [3.63, 3.8) is 0 Å². The lowest BCUT2D eigenvalue weighted by Gasteiger charge is -2.21. The maximum atomic E-state index is 6.17. The minimum Gasteiger partial charge on any atom is -0.376 e. The van der Waals surface area contributed by atoms with Gasteiger partial charge in [0, 0.05) is 12.0 Å². The molecule has 1 aliphatic carbocycles. The number of halogens is 1. The van der Waals surface area contributed by atoms with Crippen molar-refractivity contribution in [2.75, 3.05) is 6.61 Å². The number of alkyl halides is 1. The van der Waals surface area contributed by atoms with Gasteiger partial charge in [-0.3, -0.25) is 0 Å². The van der Waals surface area contributed by atoms with Gasteiger partial charge in [0.15, 0.2) is 0 Å². The van der Waals surface area contributed by atoms with Gasteiger partial charge in [0.05, 0.1) is 5.60 Å². The second kappa shape index (κ2) is 4.65. The van der Waals surface area contributed by atoms with Crippen LogP contribution in [0.3, 0.4) is 0 Å². The molecule has 0 bridgehead atoms. The summed E-state index contributed by atoms with van der Waals surface area (Å²) in [7, 11) is 0. The van der Waals surface area contributed by atoms with E-state index in [1.54, 1.807) is 0 Å². The summed E-state index contributed by atoms with van der Waals surface area (Å²) < 4.78 is 5.68. The van der Waals surface area contributed by atoms with E-state index in [4.69, 9.17) is 16.3 Å². The van der Waals surface area contributed by atoms with Gasteiger partial charge >= 0.3 is 0 Å². The molecule has 1 saturated carbocycles. The highest BCUT2D eigenvalue weighted by Gasteiger charge is 2.25. The van der Waals surface area contributed by atoms with E-state index in [9.17, 15) is 0 Å². The molecule has 0 saturated heterocycles. The smallest absolute Gasteiger partial charge is 0.0598 e. The average molecular weight is 205 g/mol. The third kappa shape index (κ3) is 4.33. The van der Waals surface area contributed by atoms with Gasteiger partial charge in [-0.25, -0.2) is 0 Å². The van der Waals surface area contributed by atoms with Gasteiger partial charge in [0.1, 0.15) is 0 Å².